The highest BCUT2D eigenvalue weighted by atomic mass is 19.1. The summed E-state index contributed by atoms with van der Waals surface area (Å²) in [5.41, 5.74) is 1.10. The largest absolute Gasteiger partial charge is 0.392 e. The van der Waals surface area contributed by atoms with Crippen LogP contribution in [0.1, 0.15) is 26.3 Å². The zero-order valence-electron chi connectivity index (χ0n) is 10.1. The summed E-state index contributed by atoms with van der Waals surface area (Å²) < 4.78 is 12.7. The zero-order valence-corrected chi connectivity index (χ0v) is 10.1. The van der Waals surface area contributed by atoms with E-state index in [2.05, 4.69) is 12.2 Å². The van der Waals surface area contributed by atoms with Gasteiger partial charge in [0.2, 0.25) is 0 Å². The van der Waals surface area contributed by atoms with Crippen molar-refractivity contribution in [1.82, 2.24) is 5.32 Å². The standard InChI is InChI=1S/C13H20FNO/c1-9(15-10(2)11(3)16)8-12-4-6-13(14)7-5-12/h4-7,9-11,15-16H,8H2,1-3H3. The molecule has 0 aliphatic carbocycles. The van der Waals surface area contributed by atoms with Gasteiger partial charge in [0.15, 0.2) is 0 Å². The smallest absolute Gasteiger partial charge is 0.123 e. The minimum absolute atomic E-state index is 0.0652. The van der Waals surface area contributed by atoms with Gasteiger partial charge in [-0.2, -0.15) is 0 Å². The minimum atomic E-state index is -0.365. The van der Waals surface area contributed by atoms with Crippen LogP contribution in [0.3, 0.4) is 0 Å². The van der Waals surface area contributed by atoms with E-state index in [1.165, 1.54) is 12.1 Å². The van der Waals surface area contributed by atoms with Crippen molar-refractivity contribution in [3.63, 3.8) is 0 Å². The molecule has 90 valence electrons. The van der Waals surface area contributed by atoms with Crippen LogP contribution in [0.4, 0.5) is 4.39 Å². The first-order valence-corrected chi connectivity index (χ1v) is 5.67. The van der Waals surface area contributed by atoms with Crippen molar-refractivity contribution in [1.29, 1.82) is 0 Å². The third-order valence-electron chi connectivity index (χ3n) is 2.73. The van der Waals surface area contributed by atoms with Crippen LogP contribution in [0.2, 0.25) is 0 Å². The van der Waals surface area contributed by atoms with Crippen molar-refractivity contribution in [3.8, 4) is 0 Å². The van der Waals surface area contributed by atoms with Crippen LogP contribution in [0.25, 0.3) is 0 Å². The molecule has 0 saturated heterocycles. The normalized spacial score (nSPS) is 16.8. The molecule has 0 heterocycles. The van der Waals surface area contributed by atoms with Crippen LogP contribution in [-0.4, -0.2) is 23.3 Å². The molecule has 0 aliphatic heterocycles. The summed E-state index contributed by atoms with van der Waals surface area (Å²) in [6.07, 6.45) is 0.466. The molecule has 0 aromatic heterocycles. The molecule has 2 nitrogen and oxygen atoms in total. The molecule has 1 aromatic rings. The maximum absolute atomic E-state index is 12.7. The lowest BCUT2D eigenvalue weighted by molar-refractivity contribution is 0.147. The second-order valence-corrected chi connectivity index (χ2v) is 4.43. The Bertz CT molecular complexity index is 310. The Balaban J connectivity index is 2.45. The molecule has 16 heavy (non-hydrogen) atoms. The van der Waals surface area contributed by atoms with E-state index < -0.39 is 0 Å². The zero-order chi connectivity index (χ0) is 12.1. The number of aliphatic hydroxyl groups is 1. The van der Waals surface area contributed by atoms with E-state index in [1.807, 2.05) is 6.92 Å². The molecule has 0 fully saturated rings. The highest BCUT2D eigenvalue weighted by Crippen LogP contribution is 2.06. The van der Waals surface area contributed by atoms with Gasteiger partial charge in [0, 0.05) is 12.1 Å². The first-order valence-electron chi connectivity index (χ1n) is 5.67. The summed E-state index contributed by atoms with van der Waals surface area (Å²) in [6.45, 7) is 5.77. The number of nitrogens with one attached hydrogen (secondary N) is 1. The third-order valence-corrected chi connectivity index (χ3v) is 2.73. The fourth-order valence-corrected chi connectivity index (χ4v) is 1.62. The maximum Gasteiger partial charge on any atom is 0.123 e. The van der Waals surface area contributed by atoms with E-state index in [-0.39, 0.29) is 24.0 Å². The lowest BCUT2D eigenvalue weighted by Gasteiger charge is -2.22. The second-order valence-electron chi connectivity index (χ2n) is 4.43. The van der Waals surface area contributed by atoms with Crippen molar-refractivity contribution in [2.24, 2.45) is 0 Å². The topological polar surface area (TPSA) is 32.3 Å². The average molecular weight is 225 g/mol. The molecule has 1 aromatic carbocycles. The number of rotatable bonds is 5. The molecule has 3 unspecified atom stereocenters. The molecule has 0 aliphatic rings. The van der Waals surface area contributed by atoms with Crippen molar-refractivity contribution >= 4 is 0 Å². The Kier molecular flexibility index (Phi) is 4.90. The lowest BCUT2D eigenvalue weighted by atomic mass is 10.1. The van der Waals surface area contributed by atoms with Gasteiger partial charge < -0.3 is 10.4 Å². The Hall–Kier alpha value is -0.930. The van der Waals surface area contributed by atoms with E-state index in [4.69, 9.17) is 0 Å². The predicted molar refractivity (Wildman–Crippen MR) is 63.8 cm³/mol. The van der Waals surface area contributed by atoms with Gasteiger partial charge in [-0.25, -0.2) is 4.39 Å². The highest BCUT2D eigenvalue weighted by molar-refractivity contribution is 5.17. The van der Waals surface area contributed by atoms with Crippen LogP contribution in [0.15, 0.2) is 24.3 Å². The Morgan fingerprint density at radius 3 is 2.25 bits per heavy atom. The third kappa shape index (κ3) is 4.29. The van der Waals surface area contributed by atoms with Crippen molar-refractivity contribution in [3.05, 3.63) is 35.6 Å². The SMILES string of the molecule is CC(Cc1ccc(F)cc1)NC(C)C(C)O. The Labute approximate surface area is 96.5 Å². The van der Waals surface area contributed by atoms with Gasteiger partial charge >= 0.3 is 0 Å². The van der Waals surface area contributed by atoms with Gasteiger partial charge in [-0.1, -0.05) is 12.1 Å². The molecule has 3 heteroatoms. The molecular weight excluding hydrogens is 205 g/mol. The van der Waals surface area contributed by atoms with Gasteiger partial charge in [0.25, 0.3) is 0 Å². The van der Waals surface area contributed by atoms with Crippen LogP contribution in [0.5, 0.6) is 0 Å². The van der Waals surface area contributed by atoms with E-state index >= 15 is 0 Å². The summed E-state index contributed by atoms with van der Waals surface area (Å²) in [4.78, 5) is 0. The van der Waals surface area contributed by atoms with E-state index in [9.17, 15) is 9.50 Å². The quantitative estimate of drug-likeness (QED) is 0.804. The lowest BCUT2D eigenvalue weighted by Crippen LogP contribution is -2.42. The van der Waals surface area contributed by atoms with Crippen molar-refractivity contribution in [2.45, 2.75) is 45.4 Å². The van der Waals surface area contributed by atoms with Crippen LogP contribution in [-0.2, 0) is 6.42 Å². The predicted octanol–water partition coefficient (Wildman–Crippen LogP) is 2.12. The van der Waals surface area contributed by atoms with Gasteiger partial charge in [-0.3, -0.25) is 0 Å². The Morgan fingerprint density at radius 2 is 1.75 bits per heavy atom. The van der Waals surface area contributed by atoms with Crippen LogP contribution >= 0.6 is 0 Å². The van der Waals surface area contributed by atoms with Crippen LogP contribution in [0, 0.1) is 5.82 Å². The van der Waals surface area contributed by atoms with Gasteiger partial charge in [-0.05, 0) is 44.9 Å². The first-order chi connectivity index (χ1) is 7.49. The molecule has 0 amide bonds. The second kappa shape index (κ2) is 5.97. The fourth-order valence-electron chi connectivity index (χ4n) is 1.62. The number of hydrogen-bond donors (Lipinski definition) is 2. The summed E-state index contributed by atoms with van der Waals surface area (Å²) in [5, 5.41) is 12.7. The number of halogens is 1. The molecule has 0 radical (unpaired) electrons. The number of benzene rings is 1. The molecule has 0 spiro atoms. The van der Waals surface area contributed by atoms with Crippen molar-refractivity contribution in [2.75, 3.05) is 0 Å². The van der Waals surface area contributed by atoms with Gasteiger partial charge in [0.1, 0.15) is 5.82 Å². The fraction of sp³-hybridized carbons (Fsp3) is 0.538. The first kappa shape index (κ1) is 13.1. The van der Waals surface area contributed by atoms with Gasteiger partial charge in [0.05, 0.1) is 6.10 Å². The summed E-state index contributed by atoms with van der Waals surface area (Å²) in [6, 6.07) is 6.85. The highest BCUT2D eigenvalue weighted by Gasteiger charge is 2.12. The van der Waals surface area contributed by atoms with Crippen LogP contribution < -0.4 is 5.32 Å². The molecule has 0 bridgehead atoms. The molecule has 2 N–H and O–H groups in total. The molecular formula is C13H20FNO. The van der Waals surface area contributed by atoms with E-state index in [0.717, 1.165) is 12.0 Å². The van der Waals surface area contributed by atoms with Gasteiger partial charge in [-0.15, -0.1) is 0 Å². The molecule has 1 rings (SSSR count). The number of aliphatic hydroxyl groups excluding tert-OH is 1. The average Bonchev–Trinajstić information content (AvgIpc) is 2.21. The Morgan fingerprint density at radius 1 is 1.19 bits per heavy atom. The number of hydrogen-bond acceptors (Lipinski definition) is 2. The van der Waals surface area contributed by atoms with E-state index in [1.54, 1.807) is 19.1 Å². The molecule has 3 atom stereocenters. The van der Waals surface area contributed by atoms with E-state index in [0.29, 0.717) is 0 Å². The molecule has 0 saturated carbocycles. The monoisotopic (exact) mass is 225 g/mol. The summed E-state index contributed by atoms with van der Waals surface area (Å²) >= 11 is 0. The van der Waals surface area contributed by atoms with Crippen molar-refractivity contribution < 1.29 is 9.50 Å². The maximum atomic E-state index is 12.7. The minimum Gasteiger partial charge on any atom is -0.392 e. The summed E-state index contributed by atoms with van der Waals surface area (Å²) in [7, 11) is 0. The summed E-state index contributed by atoms with van der Waals surface area (Å²) in [5.74, 6) is -0.207.